The highest BCUT2D eigenvalue weighted by Gasteiger charge is 2.23. The summed E-state index contributed by atoms with van der Waals surface area (Å²) in [5.74, 6) is 0. The van der Waals surface area contributed by atoms with Gasteiger partial charge >= 0.3 is 0 Å². The Kier molecular flexibility index (Phi) is 1.63. The first-order valence-electron chi connectivity index (χ1n) is 2.88. The molecule has 1 heterocycles. The van der Waals surface area contributed by atoms with Gasteiger partial charge in [0, 0.05) is 6.54 Å². The van der Waals surface area contributed by atoms with Crippen molar-refractivity contribution < 1.29 is 0 Å². The molecule has 0 spiro atoms. The zero-order valence-electron chi connectivity index (χ0n) is 4.95. The molecule has 0 saturated carbocycles. The van der Waals surface area contributed by atoms with E-state index in [-0.39, 0.29) is 6.04 Å². The summed E-state index contributed by atoms with van der Waals surface area (Å²) in [6.45, 7) is 0.641. The molecule has 1 aliphatic heterocycles. The van der Waals surface area contributed by atoms with Crippen LogP contribution in [0, 0.1) is 16.2 Å². The first-order valence-corrected chi connectivity index (χ1v) is 2.88. The van der Waals surface area contributed by atoms with Crippen LogP contribution in [0.2, 0.25) is 0 Å². The third-order valence-electron chi connectivity index (χ3n) is 1.48. The summed E-state index contributed by atoms with van der Waals surface area (Å²) >= 11 is 0. The Morgan fingerprint density at radius 1 is 1.78 bits per heavy atom. The molecule has 0 aromatic rings. The molecule has 0 aromatic carbocycles. The second-order valence-corrected chi connectivity index (χ2v) is 2.03. The zero-order valence-corrected chi connectivity index (χ0v) is 4.95. The maximum absolute atomic E-state index is 9.90. The Morgan fingerprint density at radius 3 is 3.00 bits per heavy atom. The smallest absolute Gasteiger partial charge is 0.136 e. The monoisotopic (exact) mass is 125 g/mol. The highest BCUT2D eigenvalue weighted by Crippen LogP contribution is 2.15. The molecule has 0 unspecified atom stereocenters. The lowest BCUT2D eigenvalue weighted by Crippen LogP contribution is -2.21. The van der Waals surface area contributed by atoms with E-state index in [0.29, 0.717) is 6.54 Å². The fourth-order valence-corrected chi connectivity index (χ4v) is 0.980. The molecular weight excluding hydrogens is 118 g/mol. The van der Waals surface area contributed by atoms with E-state index in [9.17, 15) is 4.91 Å². The SMILES string of the molecule is N#C[C@@H]1CCCN1N=O. The lowest BCUT2D eigenvalue weighted by molar-refractivity contribution is 0.307. The van der Waals surface area contributed by atoms with E-state index in [2.05, 4.69) is 5.29 Å². The van der Waals surface area contributed by atoms with Crippen molar-refractivity contribution in [3.05, 3.63) is 4.91 Å². The van der Waals surface area contributed by atoms with E-state index in [0.717, 1.165) is 12.8 Å². The molecule has 1 aliphatic rings. The third kappa shape index (κ3) is 0.992. The molecule has 1 atom stereocenters. The van der Waals surface area contributed by atoms with Gasteiger partial charge in [-0.05, 0) is 12.8 Å². The molecule has 0 aromatic heterocycles. The van der Waals surface area contributed by atoms with Gasteiger partial charge in [-0.15, -0.1) is 4.91 Å². The average Bonchev–Trinajstić information content (AvgIpc) is 2.33. The summed E-state index contributed by atoms with van der Waals surface area (Å²) < 4.78 is 0. The van der Waals surface area contributed by atoms with Gasteiger partial charge in [-0.1, -0.05) is 0 Å². The molecule has 48 valence electrons. The van der Waals surface area contributed by atoms with E-state index in [4.69, 9.17) is 5.26 Å². The van der Waals surface area contributed by atoms with Gasteiger partial charge in [0.1, 0.15) is 6.04 Å². The molecule has 1 fully saturated rings. The zero-order chi connectivity index (χ0) is 6.69. The predicted octanol–water partition coefficient (Wildman–Crippen LogP) is 0.656. The lowest BCUT2D eigenvalue weighted by Gasteiger charge is -2.07. The van der Waals surface area contributed by atoms with Crippen LogP contribution in [0.25, 0.3) is 0 Å². The molecule has 0 N–H and O–H groups in total. The molecule has 0 amide bonds. The fraction of sp³-hybridized carbons (Fsp3) is 0.800. The number of nitrogens with zero attached hydrogens (tertiary/aromatic N) is 3. The normalized spacial score (nSPS) is 25.7. The molecule has 1 rings (SSSR count). The van der Waals surface area contributed by atoms with Crippen LogP contribution in [0.1, 0.15) is 12.8 Å². The second kappa shape index (κ2) is 2.44. The van der Waals surface area contributed by atoms with Gasteiger partial charge in [0.25, 0.3) is 0 Å². The summed E-state index contributed by atoms with van der Waals surface area (Å²) in [7, 11) is 0. The van der Waals surface area contributed by atoms with Crippen LogP contribution >= 0.6 is 0 Å². The van der Waals surface area contributed by atoms with Crippen LogP contribution in [-0.4, -0.2) is 17.6 Å². The van der Waals surface area contributed by atoms with Gasteiger partial charge in [0.05, 0.1) is 11.4 Å². The van der Waals surface area contributed by atoms with Crippen molar-refractivity contribution in [2.75, 3.05) is 6.54 Å². The standard InChI is InChI=1S/C5H7N3O/c6-4-5-2-1-3-8(5)7-9/h5H,1-3H2/t5-/m0/s1. The fourth-order valence-electron chi connectivity index (χ4n) is 0.980. The minimum Gasteiger partial charge on any atom is -0.244 e. The average molecular weight is 125 g/mol. The topological polar surface area (TPSA) is 56.5 Å². The van der Waals surface area contributed by atoms with Crippen molar-refractivity contribution >= 4 is 0 Å². The Morgan fingerprint density at radius 2 is 2.56 bits per heavy atom. The van der Waals surface area contributed by atoms with Crippen LogP contribution in [0.4, 0.5) is 0 Å². The van der Waals surface area contributed by atoms with Gasteiger partial charge in [-0.2, -0.15) is 5.26 Å². The van der Waals surface area contributed by atoms with Crippen LogP contribution in [0.3, 0.4) is 0 Å². The summed E-state index contributed by atoms with van der Waals surface area (Å²) in [5, 5.41) is 12.4. The van der Waals surface area contributed by atoms with Crippen LogP contribution in [0.15, 0.2) is 5.29 Å². The van der Waals surface area contributed by atoms with Crippen molar-refractivity contribution in [2.45, 2.75) is 18.9 Å². The number of hydrogen-bond acceptors (Lipinski definition) is 3. The first kappa shape index (κ1) is 6.02. The van der Waals surface area contributed by atoms with Gasteiger partial charge in [-0.25, -0.2) is 5.01 Å². The van der Waals surface area contributed by atoms with Gasteiger partial charge < -0.3 is 0 Å². The highest BCUT2D eigenvalue weighted by atomic mass is 16.3. The Bertz CT molecular complexity index is 151. The maximum Gasteiger partial charge on any atom is 0.136 e. The summed E-state index contributed by atoms with van der Waals surface area (Å²) in [6, 6.07) is 1.74. The predicted molar refractivity (Wildman–Crippen MR) is 31.1 cm³/mol. The molecule has 4 heteroatoms. The minimum absolute atomic E-state index is 0.262. The Hall–Kier alpha value is -1.11. The van der Waals surface area contributed by atoms with Crippen LogP contribution < -0.4 is 0 Å². The molecular formula is C5H7N3O. The van der Waals surface area contributed by atoms with Crippen LogP contribution in [0.5, 0.6) is 0 Å². The second-order valence-electron chi connectivity index (χ2n) is 2.03. The van der Waals surface area contributed by atoms with Crippen LogP contribution in [-0.2, 0) is 0 Å². The third-order valence-corrected chi connectivity index (χ3v) is 1.48. The molecule has 0 radical (unpaired) electrons. The molecule has 4 nitrogen and oxygen atoms in total. The quantitative estimate of drug-likeness (QED) is 0.483. The van der Waals surface area contributed by atoms with Crippen molar-refractivity contribution in [3.63, 3.8) is 0 Å². The van der Waals surface area contributed by atoms with Crippen molar-refractivity contribution in [1.29, 1.82) is 5.26 Å². The minimum atomic E-state index is -0.262. The van der Waals surface area contributed by atoms with Crippen molar-refractivity contribution in [2.24, 2.45) is 5.29 Å². The van der Waals surface area contributed by atoms with E-state index < -0.39 is 0 Å². The van der Waals surface area contributed by atoms with Gasteiger partial charge in [0.15, 0.2) is 0 Å². The van der Waals surface area contributed by atoms with Gasteiger partial charge in [0.2, 0.25) is 0 Å². The largest absolute Gasteiger partial charge is 0.244 e. The lowest BCUT2D eigenvalue weighted by atomic mass is 10.2. The summed E-state index contributed by atoms with van der Waals surface area (Å²) in [5.41, 5.74) is 0. The molecule has 9 heavy (non-hydrogen) atoms. The number of nitriles is 1. The van der Waals surface area contributed by atoms with Crippen molar-refractivity contribution in [1.82, 2.24) is 5.01 Å². The van der Waals surface area contributed by atoms with E-state index in [1.807, 2.05) is 6.07 Å². The Balaban J connectivity index is 2.53. The number of rotatable bonds is 1. The number of nitroso groups, excluding NO2 is 1. The van der Waals surface area contributed by atoms with E-state index in [1.54, 1.807) is 0 Å². The number of hydrogen-bond donors (Lipinski definition) is 0. The Labute approximate surface area is 53.0 Å². The van der Waals surface area contributed by atoms with E-state index >= 15 is 0 Å². The van der Waals surface area contributed by atoms with Gasteiger partial charge in [-0.3, -0.25) is 0 Å². The summed E-state index contributed by atoms with van der Waals surface area (Å²) in [6.07, 6.45) is 1.69. The highest BCUT2D eigenvalue weighted by molar-refractivity contribution is 4.94. The molecule has 0 bridgehead atoms. The van der Waals surface area contributed by atoms with E-state index in [1.165, 1.54) is 5.01 Å². The molecule has 1 saturated heterocycles. The molecule has 0 aliphatic carbocycles. The van der Waals surface area contributed by atoms with Crippen molar-refractivity contribution in [3.8, 4) is 6.07 Å². The first-order chi connectivity index (χ1) is 4.38. The maximum atomic E-state index is 9.90. The summed E-state index contributed by atoms with van der Waals surface area (Å²) in [4.78, 5) is 9.90.